The van der Waals surface area contributed by atoms with E-state index in [9.17, 15) is 4.79 Å². The molecule has 0 unspecified atom stereocenters. The average molecular weight is 330 g/mol. The van der Waals surface area contributed by atoms with Gasteiger partial charge in [-0.2, -0.15) is 0 Å². The zero-order valence-corrected chi connectivity index (χ0v) is 15.0. The van der Waals surface area contributed by atoms with Gasteiger partial charge >= 0.3 is 0 Å². The molecule has 1 N–H and O–H groups in total. The number of carbonyl (C=O) groups is 1. The summed E-state index contributed by atoms with van der Waals surface area (Å²) in [5, 5.41) is 3.18. The molecular weight excluding hydrogens is 300 g/mol. The second kappa shape index (κ2) is 7.24. The summed E-state index contributed by atoms with van der Waals surface area (Å²) >= 11 is 0. The summed E-state index contributed by atoms with van der Waals surface area (Å²) in [6, 6.07) is 10.6. The second-order valence-corrected chi connectivity index (χ2v) is 7.83. The van der Waals surface area contributed by atoms with Gasteiger partial charge in [-0.25, -0.2) is 0 Å². The highest BCUT2D eigenvalue weighted by molar-refractivity contribution is 5.76. The van der Waals surface area contributed by atoms with Crippen molar-refractivity contribution in [1.29, 1.82) is 0 Å². The molecule has 1 saturated carbocycles. The number of benzene rings is 1. The van der Waals surface area contributed by atoms with E-state index in [1.165, 1.54) is 18.4 Å². The van der Waals surface area contributed by atoms with Gasteiger partial charge in [-0.3, -0.25) is 9.69 Å². The fourth-order valence-corrected chi connectivity index (χ4v) is 3.61. The van der Waals surface area contributed by atoms with Gasteiger partial charge < -0.3 is 10.1 Å². The lowest BCUT2D eigenvalue weighted by Gasteiger charge is -2.40. The molecule has 1 aromatic rings. The Bertz CT molecular complexity index is 546. The third-order valence-corrected chi connectivity index (χ3v) is 5.69. The van der Waals surface area contributed by atoms with Crippen LogP contribution in [0.3, 0.4) is 0 Å². The van der Waals surface area contributed by atoms with Crippen LogP contribution in [0.4, 0.5) is 0 Å². The molecule has 0 bridgehead atoms. The van der Waals surface area contributed by atoms with Crippen LogP contribution in [0.1, 0.15) is 45.1 Å². The smallest absolute Gasteiger partial charge is 0.220 e. The number of hydrogen-bond acceptors (Lipinski definition) is 3. The molecule has 1 aliphatic carbocycles. The molecule has 1 saturated heterocycles. The highest BCUT2D eigenvalue weighted by Crippen LogP contribution is 2.47. The zero-order valence-electron chi connectivity index (χ0n) is 15.0. The minimum atomic E-state index is 0.0534. The van der Waals surface area contributed by atoms with Gasteiger partial charge in [0, 0.05) is 37.0 Å². The molecule has 3 rings (SSSR count). The van der Waals surface area contributed by atoms with Gasteiger partial charge in [-0.05, 0) is 38.7 Å². The van der Waals surface area contributed by atoms with Crippen LogP contribution >= 0.6 is 0 Å². The third kappa shape index (κ3) is 4.17. The number of morpholine rings is 1. The first-order valence-electron chi connectivity index (χ1n) is 9.17. The number of nitrogens with zero attached hydrogens (tertiary/aromatic N) is 1. The molecule has 1 aliphatic heterocycles. The molecule has 0 spiro atoms. The van der Waals surface area contributed by atoms with Crippen molar-refractivity contribution >= 4 is 5.91 Å². The lowest BCUT2D eigenvalue weighted by atomic mass is 9.94. The van der Waals surface area contributed by atoms with Gasteiger partial charge in [0.05, 0.1) is 13.2 Å². The molecule has 1 amide bonds. The van der Waals surface area contributed by atoms with Crippen molar-refractivity contribution in [3.8, 4) is 0 Å². The fourth-order valence-electron chi connectivity index (χ4n) is 3.61. The summed E-state index contributed by atoms with van der Waals surface area (Å²) in [6.45, 7) is 8.77. The van der Waals surface area contributed by atoms with E-state index >= 15 is 0 Å². The first-order valence-corrected chi connectivity index (χ1v) is 9.17. The van der Waals surface area contributed by atoms with E-state index < -0.39 is 0 Å². The Morgan fingerprint density at radius 3 is 2.50 bits per heavy atom. The van der Waals surface area contributed by atoms with Crippen LogP contribution in [0.25, 0.3) is 0 Å². The number of amides is 1. The maximum atomic E-state index is 12.3. The third-order valence-electron chi connectivity index (χ3n) is 5.69. The average Bonchev–Trinajstić information content (AvgIpc) is 3.41. The van der Waals surface area contributed by atoms with Crippen molar-refractivity contribution in [2.45, 2.75) is 50.5 Å². The molecule has 2 fully saturated rings. The minimum absolute atomic E-state index is 0.0534. The Morgan fingerprint density at radius 1 is 1.21 bits per heavy atom. The van der Waals surface area contributed by atoms with Crippen LogP contribution < -0.4 is 5.32 Å². The molecule has 2 aliphatic rings. The van der Waals surface area contributed by atoms with E-state index in [-0.39, 0.29) is 16.9 Å². The zero-order chi connectivity index (χ0) is 17.0. The number of hydrogen-bond donors (Lipinski definition) is 1. The van der Waals surface area contributed by atoms with Crippen LogP contribution in [0.2, 0.25) is 0 Å². The maximum absolute atomic E-state index is 12.3. The second-order valence-electron chi connectivity index (χ2n) is 7.83. The Hall–Kier alpha value is -1.39. The normalized spacial score (nSPS) is 20.6. The Morgan fingerprint density at radius 2 is 1.88 bits per heavy atom. The molecular formula is C20H30N2O2. The summed E-state index contributed by atoms with van der Waals surface area (Å²) in [5.74, 6) is 0.179. The topological polar surface area (TPSA) is 41.6 Å². The number of rotatable bonds is 7. The van der Waals surface area contributed by atoms with E-state index in [0.29, 0.717) is 6.42 Å². The number of carbonyl (C=O) groups excluding carboxylic acids is 1. The molecule has 4 heteroatoms. The summed E-state index contributed by atoms with van der Waals surface area (Å²) < 4.78 is 5.42. The van der Waals surface area contributed by atoms with Crippen molar-refractivity contribution in [2.75, 3.05) is 32.8 Å². The van der Waals surface area contributed by atoms with Gasteiger partial charge in [0.1, 0.15) is 0 Å². The van der Waals surface area contributed by atoms with Crippen LogP contribution in [-0.2, 0) is 14.9 Å². The van der Waals surface area contributed by atoms with Gasteiger partial charge in [-0.1, -0.05) is 30.3 Å². The molecule has 24 heavy (non-hydrogen) atoms. The molecule has 1 heterocycles. The van der Waals surface area contributed by atoms with Gasteiger partial charge in [0.15, 0.2) is 0 Å². The quantitative estimate of drug-likeness (QED) is 0.836. The summed E-state index contributed by atoms with van der Waals surface area (Å²) in [5.41, 5.74) is 1.60. The van der Waals surface area contributed by atoms with Crippen LogP contribution in [0.15, 0.2) is 30.3 Å². The Balaban J connectivity index is 1.44. The number of nitrogens with one attached hydrogen (secondary N) is 1. The van der Waals surface area contributed by atoms with Crippen molar-refractivity contribution < 1.29 is 9.53 Å². The number of ether oxygens (including phenoxy) is 1. The van der Waals surface area contributed by atoms with Crippen LogP contribution in [0.5, 0.6) is 0 Å². The summed E-state index contributed by atoms with van der Waals surface area (Å²) in [7, 11) is 0. The predicted octanol–water partition coefficient (Wildman–Crippen LogP) is 2.73. The lowest BCUT2D eigenvalue weighted by molar-refractivity contribution is -0.122. The van der Waals surface area contributed by atoms with Crippen molar-refractivity contribution in [3.63, 3.8) is 0 Å². The van der Waals surface area contributed by atoms with Gasteiger partial charge in [0.2, 0.25) is 5.91 Å². The highest BCUT2D eigenvalue weighted by Gasteiger charge is 2.44. The lowest BCUT2D eigenvalue weighted by Crippen LogP contribution is -2.50. The van der Waals surface area contributed by atoms with Crippen molar-refractivity contribution in [2.24, 2.45) is 0 Å². The van der Waals surface area contributed by atoms with Crippen LogP contribution in [-0.4, -0.2) is 49.2 Å². The molecule has 0 atom stereocenters. The largest absolute Gasteiger partial charge is 0.379 e. The predicted molar refractivity (Wildman–Crippen MR) is 96.1 cm³/mol. The van der Waals surface area contributed by atoms with E-state index in [0.717, 1.165) is 39.3 Å². The van der Waals surface area contributed by atoms with Gasteiger partial charge in [0.25, 0.3) is 0 Å². The Kier molecular flexibility index (Phi) is 5.26. The van der Waals surface area contributed by atoms with Gasteiger partial charge in [-0.15, -0.1) is 0 Å². The SMILES string of the molecule is CC(C)(CCC(=O)NCC1(c2ccccc2)CC1)N1CCOCC1. The first kappa shape index (κ1) is 17.4. The monoisotopic (exact) mass is 330 g/mol. The van der Waals surface area contributed by atoms with Crippen LogP contribution in [0, 0.1) is 0 Å². The fraction of sp³-hybridized carbons (Fsp3) is 0.650. The summed E-state index contributed by atoms with van der Waals surface area (Å²) in [4.78, 5) is 14.8. The molecule has 132 valence electrons. The molecule has 0 radical (unpaired) electrons. The standard InChI is InChI=1S/C20H30N2O2/c1-19(2,22-12-14-24-15-13-22)9-8-18(23)21-16-20(10-11-20)17-6-4-3-5-7-17/h3-7H,8-16H2,1-2H3,(H,21,23). The van der Waals surface area contributed by atoms with Crippen molar-refractivity contribution in [1.82, 2.24) is 10.2 Å². The molecule has 0 aromatic heterocycles. The van der Waals surface area contributed by atoms with E-state index in [1.807, 2.05) is 6.07 Å². The first-order chi connectivity index (χ1) is 11.5. The van der Waals surface area contributed by atoms with E-state index in [1.54, 1.807) is 0 Å². The maximum Gasteiger partial charge on any atom is 0.220 e. The molecule has 4 nitrogen and oxygen atoms in total. The molecule has 1 aromatic carbocycles. The highest BCUT2D eigenvalue weighted by atomic mass is 16.5. The Labute approximate surface area is 145 Å². The summed E-state index contributed by atoms with van der Waals surface area (Å²) in [6.07, 6.45) is 3.83. The van der Waals surface area contributed by atoms with Crippen molar-refractivity contribution in [3.05, 3.63) is 35.9 Å². The minimum Gasteiger partial charge on any atom is -0.379 e. The van der Waals surface area contributed by atoms with E-state index in [2.05, 4.69) is 48.3 Å². The van der Waals surface area contributed by atoms with E-state index in [4.69, 9.17) is 4.74 Å².